The van der Waals surface area contributed by atoms with Crippen molar-refractivity contribution in [3.8, 4) is 6.01 Å². The second-order valence-corrected chi connectivity index (χ2v) is 10.9. The van der Waals surface area contributed by atoms with Gasteiger partial charge in [-0.2, -0.15) is 15.0 Å². The Morgan fingerprint density at radius 2 is 1.30 bits per heavy atom. The van der Waals surface area contributed by atoms with Gasteiger partial charge in [0.2, 0.25) is 5.28 Å². The van der Waals surface area contributed by atoms with Gasteiger partial charge in [0.15, 0.2) is 5.16 Å². The van der Waals surface area contributed by atoms with Crippen LogP contribution in [0.2, 0.25) is 5.28 Å². The van der Waals surface area contributed by atoms with Crippen molar-refractivity contribution in [1.29, 1.82) is 0 Å². The summed E-state index contributed by atoms with van der Waals surface area (Å²) in [4.78, 5) is 12.4. The lowest BCUT2D eigenvalue weighted by molar-refractivity contribution is 0.0100. The molecule has 0 aliphatic heterocycles. The van der Waals surface area contributed by atoms with Gasteiger partial charge in [0.05, 0.1) is 52.9 Å². The van der Waals surface area contributed by atoms with Gasteiger partial charge in [-0.05, 0) is 49.3 Å². The van der Waals surface area contributed by atoms with E-state index in [1.165, 1.54) is 11.8 Å². The van der Waals surface area contributed by atoms with Crippen molar-refractivity contribution in [3.05, 3.63) is 5.28 Å². The number of nitrogens with zero attached hydrogens (tertiary/aromatic N) is 3. The molecule has 192 valence electrons. The third-order valence-corrected chi connectivity index (χ3v) is 7.95. The van der Waals surface area contributed by atoms with Crippen molar-refractivity contribution in [1.82, 2.24) is 15.0 Å². The predicted molar refractivity (Wildman–Crippen MR) is 130 cm³/mol. The van der Waals surface area contributed by atoms with Crippen molar-refractivity contribution in [3.63, 3.8) is 0 Å². The fourth-order valence-electron chi connectivity index (χ4n) is 2.62. The molecule has 10 nitrogen and oxygen atoms in total. The Hall–Kier alpha value is -0.360. The third-order valence-electron chi connectivity index (χ3n) is 4.12. The zero-order valence-electron chi connectivity index (χ0n) is 19.1. The molecule has 0 bridgehead atoms. The minimum Gasteiger partial charge on any atom is -0.463 e. The van der Waals surface area contributed by atoms with Crippen molar-refractivity contribution < 1.29 is 34.3 Å². The number of hydrogen-bond acceptors (Lipinski definition) is 11. The highest BCUT2D eigenvalue weighted by molar-refractivity contribution is 7.99. The first-order valence-corrected chi connectivity index (χ1v) is 14.4. The average molecular weight is 530 g/mol. The SMILES string of the molecule is OCCCP(CCCO)CCCOc1nc(Cl)nc(SCCOCCOCCOCCO)n1. The topological polar surface area (TPSA) is 136 Å². The van der Waals surface area contributed by atoms with E-state index in [0.29, 0.717) is 57.2 Å². The molecule has 1 aromatic rings. The molecule has 0 saturated heterocycles. The van der Waals surface area contributed by atoms with Gasteiger partial charge in [0, 0.05) is 19.0 Å². The fourth-order valence-corrected chi connectivity index (χ4v) is 5.92. The molecule has 13 heteroatoms. The van der Waals surface area contributed by atoms with E-state index in [1.807, 2.05) is 0 Å². The summed E-state index contributed by atoms with van der Waals surface area (Å²) >= 11 is 7.41. The maximum atomic E-state index is 9.05. The summed E-state index contributed by atoms with van der Waals surface area (Å²) in [5, 5.41) is 27.3. The Morgan fingerprint density at radius 1 is 0.697 bits per heavy atom. The summed E-state index contributed by atoms with van der Waals surface area (Å²) in [6, 6.07) is 0.213. The second-order valence-electron chi connectivity index (χ2n) is 6.78. The first kappa shape index (κ1) is 30.7. The van der Waals surface area contributed by atoms with Gasteiger partial charge in [0.25, 0.3) is 0 Å². The van der Waals surface area contributed by atoms with Crippen molar-refractivity contribution in [2.24, 2.45) is 0 Å². The zero-order chi connectivity index (χ0) is 24.0. The molecule has 1 aromatic heterocycles. The number of thioether (sulfide) groups is 1. The third kappa shape index (κ3) is 17.7. The van der Waals surface area contributed by atoms with E-state index in [2.05, 4.69) is 15.0 Å². The average Bonchev–Trinajstić information content (AvgIpc) is 2.81. The van der Waals surface area contributed by atoms with Crippen LogP contribution in [-0.4, -0.2) is 121 Å². The maximum Gasteiger partial charge on any atom is 0.321 e. The molecule has 0 aromatic carbocycles. The molecule has 0 aliphatic rings. The molecule has 1 rings (SSSR count). The molecule has 0 amide bonds. The van der Waals surface area contributed by atoms with E-state index in [4.69, 9.17) is 45.9 Å². The monoisotopic (exact) mass is 529 g/mol. The number of hydrogen-bond donors (Lipinski definition) is 3. The number of aliphatic hydroxyl groups is 3. The molecule has 0 aliphatic carbocycles. The summed E-state index contributed by atoms with van der Waals surface area (Å²) in [5.74, 6) is 0.652. The van der Waals surface area contributed by atoms with Crippen LogP contribution in [0.5, 0.6) is 6.01 Å². The zero-order valence-corrected chi connectivity index (χ0v) is 21.5. The van der Waals surface area contributed by atoms with E-state index in [-0.39, 0.29) is 39.0 Å². The number of rotatable bonds is 23. The van der Waals surface area contributed by atoms with E-state index < -0.39 is 0 Å². The number of halogens is 1. The smallest absolute Gasteiger partial charge is 0.321 e. The minimum absolute atomic E-state index is 0.0140. The van der Waals surface area contributed by atoms with E-state index in [9.17, 15) is 0 Å². The molecule has 0 saturated carbocycles. The lowest BCUT2D eigenvalue weighted by atomic mass is 10.5. The molecule has 0 unspecified atom stereocenters. The summed E-state index contributed by atoms with van der Waals surface area (Å²) in [6.07, 6.45) is 5.51. The van der Waals surface area contributed by atoms with Gasteiger partial charge in [-0.1, -0.05) is 11.8 Å². The van der Waals surface area contributed by atoms with Gasteiger partial charge in [-0.15, -0.1) is 7.92 Å². The Bertz CT molecular complexity index is 591. The Labute approximate surface area is 206 Å². The lowest BCUT2D eigenvalue weighted by Gasteiger charge is -2.16. The van der Waals surface area contributed by atoms with Crippen molar-refractivity contribution >= 4 is 31.3 Å². The second kappa shape index (κ2) is 22.1. The van der Waals surface area contributed by atoms with Crippen molar-refractivity contribution in [2.75, 3.05) is 90.3 Å². The lowest BCUT2D eigenvalue weighted by Crippen LogP contribution is -2.11. The minimum atomic E-state index is -0.207. The highest BCUT2D eigenvalue weighted by atomic mass is 35.5. The van der Waals surface area contributed by atoms with Gasteiger partial charge < -0.3 is 34.3 Å². The van der Waals surface area contributed by atoms with E-state index in [0.717, 1.165) is 37.7 Å². The standard InChI is InChI=1S/C20H37ClN3O7PS/c21-18-22-19(31-7-3-16-32(14-1-4-25)15-2-5-26)24-20(23-18)33-17-13-30-12-11-29-10-9-28-8-6-27/h25-27H,1-17H2. The summed E-state index contributed by atoms with van der Waals surface area (Å²) in [5.41, 5.74) is 0. The van der Waals surface area contributed by atoms with Crippen LogP contribution in [0.25, 0.3) is 0 Å². The Balaban J connectivity index is 2.19. The Morgan fingerprint density at radius 3 is 1.94 bits per heavy atom. The van der Waals surface area contributed by atoms with Crippen LogP contribution in [0, 0.1) is 0 Å². The van der Waals surface area contributed by atoms with Gasteiger partial charge in [-0.25, -0.2) is 0 Å². The highest BCUT2D eigenvalue weighted by Crippen LogP contribution is 2.37. The highest BCUT2D eigenvalue weighted by Gasteiger charge is 2.10. The summed E-state index contributed by atoms with van der Waals surface area (Å²) < 4.78 is 21.6. The molecule has 0 spiro atoms. The summed E-state index contributed by atoms with van der Waals surface area (Å²) in [6.45, 7) is 3.62. The number of ether oxygens (including phenoxy) is 4. The van der Waals surface area contributed by atoms with Crippen LogP contribution in [-0.2, 0) is 14.2 Å². The van der Waals surface area contributed by atoms with Crippen LogP contribution in [0.1, 0.15) is 19.3 Å². The van der Waals surface area contributed by atoms with E-state index in [1.54, 1.807) is 0 Å². The van der Waals surface area contributed by atoms with Crippen LogP contribution >= 0.6 is 31.3 Å². The molecule has 0 radical (unpaired) electrons. The molecular formula is C20H37ClN3O7PS. The van der Waals surface area contributed by atoms with Crippen molar-refractivity contribution in [2.45, 2.75) is 24.4 Å². The molecule has 0 fully saturated rings. The number of aromatic nitrogens is 3. The molecule has 33 heavy (non-hydrogen) atoms. The molecule has 1 heterocycles. The van der Waals surface area contributed by atoms with E-state index >= 15 is 0 Å². The quantitative estimate of drug-likeness (QED) is 0.108. The maximum absolute atomic E-state index is 9.05. The van der Waals surface area contributed by atoms with Gasteiger partial charge >= 0.3 is 6.01 Å². The molecule has 3 N–H and O–H groups in total. The first-order valence-electron chi connectivity index (χ1n) is 11.1. The largest absolute Gasteiger partial charge is 0.463 e. The Kier molecular flexibility index (Phi) is 20.6. The molecule has 0 atom stereocenters. The summed E-state index contributed by atoms with van der Waals surface area (Å²) in [7, 11) is -0.207. The first-order chi connectivity index (χ1) is 16.2. The van der Waals surface area contributed by atoms with Crippen LogP contribution in [0.4, 0.5) is 0 Å². The van der Waals surface area contributed by atoms with Crippen LogP contribution in [0.3, 0.4) is 0 Å². The predicted octanol–water partition coefficient (Wildman–Crippen LogP) is 1.67. The molecular weight excluding hydrogens is 493 g/mol. The van der Waals surface area contributed by atoms with Crippen LogP contribution in [0.15, 0.2) is 5.16 Å². The number of aliphatic hydroxyl groups excluding tert-OH is 3. The normalized spacial score (nSPS) is 11.4. The van der Waals surface area contributed by atoms with Gasteiger partial charge in [0.1, 0.15) is 0 Å². The van der Waals surface area contributed by atoms with Crippen LogP contribution < -0.4 is 4.74 Å². The fraction of sp³-hybridized carbons (Fsp3) is 0.850. The van der Waals surface area contributed by atoms with Gasteiger partial charge in [-0.3, -0.25) is 0 Å².